The minimum absolute atomic E-state index is 0.200. The smallest absolute Gasteiger partial charge is 0.253 e. The third-order valence-corrected chi connectivity index (χ3v) is 7.63. The first-order chi connectivity index (χ1) is 10.9. The number of nitrogens with zero attached hydrogens (tertiary/aromatic N) is 1. The molecule has 1 fully saturated rings. The maximum Gasteiger partial charge on any atom is 0.253 e. The van der Waals surface area contributed by atoms with E-state index >= 15 is 0 Å². The second-order valence-electron chi connectivity index (χ2n) is 4.92. The molecule has 9 heteroatoms. The molecule has 122 valence electrons. The second kappa shape index (κ2) is 6.52. The Morgan fingerprint density at radius 2 is 2.09 bits per heavy atom. The van der Waals surface area contributed by atoms with Gasteiger partial charge in [-0.3, -0.25) is 4.79 Å². The summed E-state index contributed by atoms with van der Waals surface area (Å²) in [6, 6.07) is 8.99. The zero-order chi connectivity index (χ0) is 16.6. The predicted octanol–water partition coefficient (Wildman–Crippen LogP) is 3.03. The number of carbonyl (C=O) groups is 1. The molecule has 1 saturated heterocycles. The Balaban J connectivity index is 2.06. The molecule has 0 saturated carbocycles. The first-order valence-corrected chi connectivity index (χ1v) is 10.1. The number of benzene rings is 1. The van der Waals surface area contributed by atoms with Crippen LogP contribution in [0.25, 0.3) is 0 Å². The van der Waals surface area contributed by atoms with Crippen molar-refractivity contribution in [2.75, 3.05) is 13.1 Å². The van der Waals surface area contributed by atoms with Gasteiger partial charge in [-0.1, -0.05) is 23.7 Å². The summed E-state index contributed by atoms with van der Waals surface area (Å²) in [6.07, 6.45) is 0. The summed E-state index contributed by atoms with van der Waals surface area (Å²) in [5.74, 6) is -0.349. The number of halogens is 2. The molecule has 2 aromatic rings. The van der Waals surface area contributed by atoms with Gasteiger partial charge in [0.2, 0.25) is 5.91 Å². The van der Waals surface area contributed by atoms with E-state index in [1.54, 1.807) is 30.3 Å². The van der Waals surface area contributed by atoms with Crippen LogP contribution in [0.15, 0.2) is 44.4 Å². The molecule has 0 radical (unpaired) electrons. The van der Waals surface area contributed by atoms with Gasteiger partial charge in [0.25, 0.3) is 10.0 Å². The Kier molecular flexibility index (Phi) is 4.80. The molecule has 1 atom stereocenters. The van der Waals surface area contributed by atoms with Gasteiger partial charge in [-0.15, -0.1) is 11.3 Å². The highest BCUT2D eigenvalue weighted by Gasteiger charge is 2.40. The maximum absolute atomic E-state index is 12.9. The number of nitrogens with one attached hydrogen (secondary N) is 1. The van der Waals surface area contributed by atoms with E-state index in [4.69, 9.17) is 11.6 Å². The fourth-order valence-corrected chi connectivity index (χ4v) is 6.37. The number of carbonyl (C=O) groups excluding carboxylic acids is 1. The van der Waals surface area contributed by atoms with Crippen LogP contribution in [0.1, 0.15) is 11.6 Å². The van der Waals surface area contributed by atoms with Crippen molar-refractivity contribution in [2.24, 2.45) is 0 Å². The molecular weight excluding hydrogens is 424 g/mol. The van der Waals surface area contributed by atoms with Crippen molar-refractivity contribution in [3.8, 4) is 0 Å². The topological polar surface area (TPSA) is 66.5 Å². The Bertz CT molecular complexity index is 853. The molecule has 3 rings (SSSR count). The van der Waals surface area contributed by atoms with Crippen molar-refractivity contribution in [3.05, 3.63) is 50.8 Å². The largest absolute Gasteiger partial charge is 0.353 e. The molecule has 1 aromatic heterocycles. The van der Waals surface area contributed by atoms with Gasteiger partial charge in [-0.25, -0.2) is 8.42 Å². The molecule has 1 amide bonds. The van der Waals surface area contributed by atoms with Crippen molar-refractivity contribution in [3.63, 3.8) is 0 Å². The number of hydrogen-bond acceptors (Lipinski definition) is 4. The normalized spacial score (nSPS) is 19.6. The third kappa shape index (κ3) is 3.32. The fraction of sp³-hybridized carbons (Fsp3) is 0.214. The summed E-state index contributed by atoms with van der Waals surface area (Å²) >= 11 is 10.4. The summed E-state index contributed by atoms with van der Waals surface area (Å²) in [5, 5.41) is 3.17. The van der Waals surface area contributed by atoms with Crippen LogP contribution in [-0.2, 0) is 14.8 Å². The lowest BCUT2D eigenvalue weighted by molar-refractivity contribution is -0.126. The summed E-state index contributed by atoms with van der Waals surface area (Å²) in [5.41, 5.74) is 0.550. The van der Waals surface area contributed by atoms with Crippen molar-refractivity contribution >= 4 is 54.8 Å². The van der Waals surface area contributed by atoms with Gasteiger partial charge in [0.15, 0.2) is 0 Å². The number of amides is 1. The van der Waals surface area contributed by atoms with Crippen LogP contribution in [-0.4, -0.2) is 31.7 Å². The Morgan fingerprint density at radius 3 is 2.74 bits per heavy atom. The van der Waals surface area contributed by atoms with Gasteiger partial charge in [0, 0.05) is 18.1 Å². The van der Waals surface area contributed by atoms with Gasteiger partial charge >= 0.3 is 0 Å². The Hall–Kier alpha value is -0.930. The summed E-state index contributed by atoms with van der Waals surface area (Å²) in [7, 11) is -3.77. The highest BCUT2D eigenvalue weighted by atomic mass is 79.9. The van der Waals surface area contributed by atoms with Gasteiger partial charge in [0.1, 0.15) is 10.3 Å². The molecular formula is C14H12BrClN2O3S2. The monoisotopic (exact) mass is 434 g/mol. The average molecular weight is 436 g/mol. The fourth-order valence-electron chi connectivity index (χ4n) is 2.45. The minimum Gasteiger partial charge on any atom is -0.353 e. The number of rotatable bonds is 3. The lowest BCUT2D eigenvalue weighted by Gasteiger charge is -2.33. The van der Waals surface area contributed by atoms with Crippen LogP contribution in [0.5, 0.6) is 0 Å². The highest BCUT2D eigenvalue weighted by molar-refractivity contribution is 9.11. The SMILES string of the molecule is O=C1NCCN(S(=O)(=O)c2ccc(Br)s2)C1c1cccc(Cl)c1. The average Bonchev–Trinajstić information content (AvgIpc) is 2.94. The number of sulfonamides is 1. The van der Waals surface area contributed by atoms with E-state index in [1.165, 1.54) is 10.4 Å². The highest BCUT2D eigenvalue weighted by Crippen LogP contribution is 2.34. The molecule has 0 aliphatic carbocycles. The van der Waals surface area contributed by atoms with Crippen LogP contribution < -0.4 is 5.32 Å². The van der Waals surface area contributed by atoms with E-state index < -0.39 is 16.1 Å². The molecule has 1 aliphatic rings. The molecule has 5 nitrogen and oxygen atoms in total. The zero-order valence-electron chi connectivity index (χ0n) is 11.7. The van der Waals surface area contributed by atoms with Gasteiger partial charge < -0.3 is 5.32 Å². The summed E-state index contributed by atoms with van der Waals surface area (Å²) < 4.78 is 28.0. The van der Waals surface area contributed by atoms with Gasteiger partial charge in [0.05, 0.1) is 3.79 Å². The van der Waals surface area contributed by atoms with E-state index in [9.17, 15) is 13.2 Å². The summed E-state index contributed by atoms with van der Waals surface area (Å²) in [6.45, 7) is 0.489. The van der Waals surface area contributed by atoms with E-state index in [1.807, 2.05) is 0 Å². The quantitative estimate of drug-likeness (QED) is 0.806. The number of hydrogen-bond donors (Lipinski definition) is 1. The molecule has 23 heavy (non-hydrogen) atoms. The van der Waals surface area contributed by atoms with Crippen molar-refractivity contribution < 1.29 is 13.2 Å². The number of piperazine rings is 1. The molecule has 0 spiro atoms. The predicted molar refractivity (Wildman–Crippen MR) is 93.1 cm³/mol. The van der Waals surface area contributed by atoms with Crippen molar-refractivity contribution in [1.29, 1.82) is 0 Å². The first-order valence-electron chi connectivity index (χ1n) is 6.70. The molecule has 1 N–H and O–H groups in total. The molecule has 1 aliphatic heterocycles. The van der Waals surface area contributed by atoms with Crippen LogP contribution in [0.4, 0.5) is 0 Å². The van der Waals surface area contributed by atoms with E-state index in [-0.39, 0.29) is 23.2 Å². The van der Waals surface area contributed by atoms with Crippen LogP contribution >= 0.6 is 38.9 Å². The molecule has 2 heterocycles. The Morgan fingerprint density at radius 1 is 1.30 bits per heavy atom. The molecule has 1 aromatic carbocycles. The number of thiophene rings is 1. The van der Waals surface area contributed by atoms with E-state index in [0.717, 1.165) is 15.1 Å². The van der Waals surface area contributed by atoms with Crippen LogP contribution in [0.2, 0.25) is 5.02 Å². The first kappa shape index (κ1) is 16.9. The van der Waals surface area contributed by atoms with E-state index in [2.05, 4.69) is 21.2 Å². The third-order valence-electron chi connectivity index (χ3n) is 3.44. The second-order valence-corrected chi connectivity index (χ2v) is 9.94. The zero-order valence-corrected chi connectivity index (χ0v) is 15.7. The Labute approximate surface area is 151 Å². The van der Waals surface area contributed by atoms with Gasteiger partial charge in [-0.2, -0.15) is 4.31 Å². The lowest BCUT2D eigenvalue weighted by atomic mass is 10.0. The van der Waals surface area contributed by atoms with Crippen molar-refractivity contribution in [1.82, 2.24) is 9.62 Å². The van der Waals surface area contributed by atoms with Gasteiger partial charge in [-0.05, 0) is 45.8 Å². The van der Waals surface area contributed by atoms with Crippen LogP contribution in [0.3, 0.4) is 0 Å². The maximum atomic E-state index is 12.9. The molecule has 0 bridgehead atoms. The van der Waals surface area contributed by atoms with Crippen LogP contribution in [0, 0.1) is 0 Å². The summed E-state index contributed by atoms with van der Waals surface area (Å²) in [4.78, 5) is 12.3. The van der Waals surface area contributed by atoms with Crippen molar-refractivity contribution in [2.45, 2.75) is 10.3 Å². The molecule has 1 unspecified atom stereocenters. The minimum atomic E-state index is -3.77. The lowest BCUT2D eigenvalue weighted by Crippen LogP contribution is -2.51. The van der Waals surface area contributed by atoms with E-state index in [0.29, 0.717) is 10.6 Å². The standard InChI is InChI=1S/C14H12BrClN2O3S2/c15-11-4-5-12(22-11)23(20,21)18-7-6-17-14(19)13(18)9-2-1-3-10(16)8-9/h1-5,8,13H,6-7H2,(H,17,19).